The van der Waals surface area contributed by atoms with E-state index in [1.807, 2.05) is 10.6 Å². The van der Waals surface area contributed by atoms with E-state index in [9.17, 15) is 4.79 Å². The highest BCUT2D eigenvalue weighted by molar-refractivity contribution is 6.32. The van der Waals surface area contributed by atoms with Crippen LogP contribution in [0.1, 0.15) is 55.1 Å². The molecule has 2 aromatic heterocycles. The van der Waals surface area contributed by atoms with Gasteiger partial charge in [-0.15, -0.1) is 0 Å². The van der Waals surface area contributed by atoms with Crippen molar-refractivity contribution >= 4 is 45.9 Å². The van der Waals surface area contributed by atoms with Gasteiger partial charge in [0.1, 0.15) is 5.82 Å². The van der Waals surface area contributed by atoms with Gasteiger partial charge in [0.2, 0.25) is 0 Å². The first-order chi connectivity index (χ1) is 16.6. The minimum absolute atomic E-state index is 0.0417. The van der Waals surface area contributed by atoms with E-state index < -0.39 is 5.97 Å². The minimum atomic E-state index is -0.501. The number of esters is 1. The number of methoxy groups -OCH3 is 2. The average molecular weight is 523 g/mol. The molecule has 190 valence electrons. The summed E-state index contributed by atoms with van der Waals surface area (Å²) in [4.78, 5) is 19.4. The van der Waals surface area contributed by atoms with Gasteiger partial charge in [0.25, 0.3) is 0 Å². The molecule has 1 fully saturated rings. The maximum absolute atomic E-state index is 12.6. The molecule has 0 saturated carbocycles. The number of anilines is 1. The molecule has 1 aliphatic rings. The summed E-state index contributed by atoms with van der Waals surface area (Å²) in [6, 6.07) is 4.00. The molecule has 0 unspecified atom stereocenters. The van der Waals surface area contributed by atoms with Crippen molar-refractivity contribution in [2.45, 2.75) is 45.2 Å². The smallest absolute Gasteiger partial charge is 0.357 e. The van der Waals surface area contributed by atoms with Crippen molar-refractivity contribution in [3.05, 3.63) is 39.4 Å². The molecule has 1 saturated heterocycles. The molecule has 11 heteroatoms. The third-order valence-electron chi connectivity index (χ3n) is 6.42. The number of halogens is 2. The molecular weight excluding hydrogens is 491 g/mol. The van der Waals surface area contributed by atoms with E-state index in [1.165, 1.54) is 7.11 Å². The van der Waals surface area contributed by atoms with Gasteiger partial charge in [0.05, 0.1) is 25.8 Å². The van der Waals surface area contributed by atoms with Crippen molar-refractivity contribution in [2.75, 3.05) is 45.8 Å². The fourth-order valence-electron chi connectivity index (χ4n) is 4.60. The molecule has 1 aliphatic heterocycles. The lowest BCUT2D eigenvalue weighted by atomic mass is 9.86. The molecule has 3 aromatic rings. The molecular formula is C24H32Cl2N6O3. The number of aromatic nitrogens is 4. The summed E-state index contributed by atoms with van der Waals surface area (Å²) in [6.07, 6.45) is 0.867. The van der Waals surface area contributed by atoms with Gasteiger partial charge in [-0.2, -0.15) is 5.10 Å². The standard InChI is InChI=1S/C24H32Cl2N6O3/c1-24(2,3)16-10-15-18(11-17(16)25)29-30-22(15)27-12-19-28-21(26)20(23(33)35-5)32(19)14-6-7-31(13-14)8-9-34-4/h10-11,14H,6-9,12-13H2,1-5H3,(H2,27,29,30)/t14-/m1/s1. The van der Waals surface area contributed by atoms with Gasteiger partial charge in [-0.1, -0.05) is 44.0 Å². The Morgan fingerprint density at radius 2 is 2.06 bits per heavy atom. The number of fused-ring (bicyclic) bond motifs is 1. The fourth-order valence-corrected chi connectivity index (χ4v) is 5.32. The second-order valence-electron chi connectivity index (χ2n) is 9.82. The summed E-state index contributed by atoms with van der Waals surface area (Å²) in [7, 11) is 3.04. The second kappa shape index (κ2) is 10.3. The number of likely N-dealkylation sites (tertiary alicyclic amines) is 1. The average Bonchev–Trinajstić information content (AvgIpc) is 3.51. The molecule has 2 N–H and O–H groups in total. The van der Waals surface area contributed by atoms with Crippen LogP contribution in [0.2, 0.25) is 10.2 Å². The summed E-state index contributed by atoms with van der Waals surface area (Å²) in [5.74, 6) is 0.828. The predicted molar refractivity (Wildman–Crippen MR) is 138 cm³/mol. The summed E-state index contributed by atoms with van der Waals surface area (Å²) >= 11 is 13.0. The summed E-state index contributed by atoms with van der Waals surface area (Å²) in [5.41, 5.74) is 2.04. The van der Waals surface area contributed by atoms with Gasteiger partial charge in [0.15, 0.2) is 16.7 Å². The SMILES string of the molecule is COCCN1CC[C@@H](n2c(CNc3n[nH]c4cc(Cl)c(C(C)(C)C)cc34)nc(Cl)c2C(=O)OC)C1. The van der Waals surface area contributed by atoms with Crippen molar-refractivity contribution in [1.29, 1.82) is 0 Å². The lowest BCUT2D eigenvalue weighted by Gasteiger charge is -2.21. The summed E-state index contributed by atoms with van der Waals surface area (Å²) in [6.45, 7) is 9.85. The van der Waals surface area contributed by atoms with E-state index in [0.717, 1.165) is 42.5 Å². The molecule has 1 atom stereocenters. The highest BCUT2D eigenvalue weighted by Gasteiger charge is 2.32. The number of benzene rings is 1. The van der Waals surface area contributed by atoms with Crippen molar-refractivity contribution in [3.8, 4) is 0 Å². The first-order valence-electron chi connectivity index (χ1n) is 11.6. The molecule has 0 spiro atoms. The van der Waals surface area contributed by atoms with Crippen LogP contribution < -0.4 is 5.32 Å². The number of aromatic amines is 1. The maximum atomic E-state index is 12.6. The Morgan fingerprint density at radius 1 is 1.29 bits per heavy atom. The topological polar surface area (TPSA) is 97.3 Å². The van der Waals surface area contributed by atoms with E-state index in [1.54, 1.807) is 7.11 Å². The monoisotopic (exact) mass is 522 g/mol. The largest absolute Gasteiger partial charge is 0.464 e. The molecule has 0 aliphatic carbocycles. The Morgan fingerprint density at radius 3 is 2.74 bits per heavy atom. The van der Waals surface area contributed by atoms with Gasteiger partial charge in [-0.3, -0.25) is 10.00 Å². The van der Waals surface area contributed by atoms with E-state index in [-0.39, 0.29) is 22.3 Å². The lowest BCUT2D eigenvalue weighted by Crippen LogP contribution is -2.27. The van der Waals surface area contributed by atoms with Crippen LogP contribution in [0, 0.1) is 0 Å². The number of hydrogen-bond donors (Lipinski definition) is 2. The van der Waals surface area contributed by atoms with Crippen LogP contribution in [0.4, 0.5) is 5.82 Å². The van der Waals surface area contributed by atoms with E-state index in [4.69, 9.17) is 32.7 Å². The molecule has 0 amide bonds. The molecule has 0 bridgehead atoms. The zero-order valence-corrected chi connectivity index (χ0v) is 22.3. The molecule has 3 heterocycles. The number of H-pyrrole nitrogens is 1. The number of carbonyl (C=O) groups is 1. The number of hydrogen-bond acceptors (Lipinski definition) is 7. The number of ether oxygens (including phenoxy) is 2. The van der Waals surface area contributed by atoms with Crippen molar-refractivity contribution in [3.63, 3.8) is 0 Å². The predicted octanol–water partition coefficient (Wildman–Crippen LogP) is 4.66. The highest BCUT2D eigenvalue weighted by atomic mass is 35.5. The molecule has 9 nitrogen and oxygen atoms in total. The molecule has 35 heavy (non-hydrogen) atoms. The maximum Gasteiger partial charge on any atom is 0.357 e. The van der Waals surface area contributed by atoms with Gasteiger partial charge < -0.3 is 19.4 Å². The molecule has 4 rings (SSSR count). The number of nitrogens with zero attached hydrogens (tertiary/aromatic N) is 4. The van der Waals surface area contributed by atoms with E-state index >= 15 is 0 Å². The van der Waals surface area contributed by atoms with Crippen molar-refractivity contribution < 1.29 is 14.3 Å². The van der Waals surface area contributed by atoms with Gasteiger partial charge in [-0.25, -0.2) is 9.78 Å². The fraction of sp³-hybridized carbons (Fsp3) is 0.542. The molecule has 0 radical (unpaired) electrons. The van der Waals surface area contributed by atoms with E-state index in [0.29, 0.717) is 29.8 Å². The number of nitrogens with one attached hydrogen (secondary N) is 2. The molecule has 1 aromatic carbocycles. The van der Waals surface area contributed by atoms with Gasteiger partial charge >= 0.3 is 5.97 Å². The number of imidazole rings is 1. The Kier molecular flexibility index (Phi) is 7.61. The normalized spacial score (nSPS) is 16.8. The first kappa shape index (κ1) is 25.8. The second-order valence-corrected chi connectivity index (χ2v) is 10.6. The van der Waals surface area contributed by atoms with Crippen LogP contribution in [0.3, 0.4) is 0 Å². The number of rotatable bonds is 8. The summed E-state index contributed by atoms with van der Waals surface area (Å²) < 4.78 is 12.2. The Bertz CT molecular complexity index is 1220. The van der Waals surface area contributed by atoms with E-state index in [2.05, 4.69) is 52.2 Å². The number of carbonyl (C=O) groups excluding carboxylic acids is 1. The zero-order chi connectivity index (χ0) is 25.3. The highest BCUT2D eigenvalue weighted by Crippen LogP contribution is 2.35. The van der Waals surface area contributed by atoms with Gasteiger partial charge in [-0.05, 0) is 29.5 Å². The third kappa shape index (κ3) is 5.28. The zero-order valence-electron chi connectivity index (χ0n) is 20.7. The van der Waals surface area contributed by atoms with Gasteiger partial charge in [0, 0.05) is 43.2 Å². The first-order valence-corrected chi connectivity index (χ1v) is 12.4. The minimum Gasteiger partial charge on any atom is -0.464 e. The Hall–Kier alpha value is -2.33. The lowest BCUT2D eigenvalue weighted by molar-refractivity contribution is 0.0585. The van der Waals surface area contributed by atoms with Crippen LogP contribution in [-0.2, 0) is 21.4 Å². The van der Waals surface area contributed by atoms with Crippen LogP contribution in [-0.4, -0.2) is 71.1 Å². The van der Waals surface area contributed by atoms with Crippen LogP contribution in [0.5, 0.6) is 0 Å². The van der Waals surface area contributed by atoms with Crippen molar-refractivity contribution in [1.82, 2.24) is 24.6 Å². The summed E-state index contributed by atoms with van der Waals surface area (Å²) in [5, 5.41) is 12.6. The quantitative estimate of drug-likeness (QED) is 0.415. The van der Waals surface area contributed by atoms with Crippen molar-refractivity contribution in [2.24, 2.45) is 0 Å². The Balaban J connectivity index is 1.64. The van der Waals surface area contributed by atoms with Crippen LogP contribution >= 0.6 is 23.2 Å². The Labute approximate surface area is 215 Å². The third-order valence-corrected chi connectivity index (χ3v) is 6.99. The van der Waals surface area contributed by atoms with Crippen LogP contribution in [0.25, 0.3) is 10.9 Å². The van der Waals surface area contributed by atoms with Crippen LogP contribution in [0.15, 0.2) is 12.1 Å².